The summed E-state index contributed by atoms with van der Waals surface area (Å²) in [7, 11) is 3.69. The van der Waals surface area contributed by atoms with E-state index in [1.807, 2.05) is 19.2 Å². The van der Waals surface area contributed by atoms with Gasteiger partial charge in [0.25, 0.3) is 5.91 Å². The van der Waals surface area contributed by atoms with Crippen LogP contribution in [0, 0.1) is 0 Å². The fourth-order valence-electron chi connectivity index (χ4n) is 3.11. The summed E-state index contributed by atoms with van der Waals surface area (Å²) in [5.41, 5.74) is 1.32. The van der Waals surface area contributed by atoms with Crippen LogP contribution in [0.1, 0.15) is 24.3 Å². The van der Waals surface area contributed by atoms with Gasteiger partial charge < -0.3 is 19.7 Å². The summed E-state index contributed by atoms with van der Waals surface area (Å²) in [6.45, 7) is 2.21. The minimum atomic E-state index is -0.321. The van der Waals surface area contributed by atoms with E-state index in [0.29, 0.717) is 19.1 Å². The van der Waals surface area contributed by atoms with Crippen molar-refractivity contribution in [2.24, 2.45) is 0 Å². The van der Waals surface area contributed by atoms with E-state index >= 15 is 0 Å². The van der Waals surface area contributed by atoms with Crippen molar-refractivity contribution >= 4 is 5.91 Å². The molecule has 2 fully saturated rings. The van der Waals surface area contributed by atoms with Crippen molar-refractivity contribution in [3.05, 3.63) is 29.8 Å². The molecule has 1 saturated carbocycles. The molecule has 120 valence electrons. The van der Waals surface area contributed by atoms with Crippen molar-refractivity contribution in [1.82, 2.24) is 10.2 Å². The Labute approximate surface area is 131 Å². The molecule has 1 heterocycles. The van der Waals surface area contributed by atoms with Crippen LogP contribution < -0.4 is 10.1 Å². The summed E-state index contributed by atoms with van der Waals surface area (Å²) in [4.78, 5) is 14.3. The quantitative estimate of drug-likeness (QED) is 0.913. The van der Waals surface area contributed by atoms with Gasteiger partial charge >= 0.3 is 0 Å². The molecule has 22 heavy (non-hydrogen) atoms. The van der Waals surface area contributed by atoms with Gasteiger partial charge in [0.1, 0.15) is 11.9 Å². The molecule has 1 amide bonds. The van der Waals surface area contributed by atoms with E-state index in [-0.39, 0.29) is 18.1 Å². The lowest BCUT2D eigenvalue weighted by atomic mass is 9.76. The van der Waals surface area contributed by atoms with Gasteiger partial charge in [0, 0.05) is 19.1 Å². The second-order valence-corrected chi connectivity index (χ2v) is 6.27. The minimum Gasteiger partial charge on any atom is -0.497 e. The van der Waals surface area contributed by atoms with Crippen molar-refractivity contribution in [1.29, 1.82) is 0 Å². The first-order valence-corrected chi connectivity index (χ1v) is 7.90. The Hall–Kier alpha value is -1.59. The first kappa shape index (κ1) is 15.3. The lowest BCUT2D eigenvalue weighted by Gasteiger charge is -2.38. The van der Waals surface area contributed by atoms with E-state index in [2.05, 4.69) is 22.3 Å². The van der Waals surface area contributed by atoms with E-state index in [1.165, 1.54) is 5.56 Å². The summed E-state index contributed by atoms with van der Waals surface area (Å²) in [6.07, 6.45) is 1.68. The smallest absolute Gasteiger partial charge is 0.250 e. The third kappa shape index (κ3) is 3.42. The SMILES string of the molecule is COc1ccc(C2CC(NC(=O)C3CN(C)CCO3)C2)cc1. The maximum absolute atomic E-state index is 12.2. The van der Waals surface area contributed by atoms with Gasteiger partial charge in [-0.3, -0.25) is 4.79 Å². The molecule has 3 rings (SSSR count). The lowest BCUT2D eigenvalue weighted by molar-refractivity contribution is -0.139. The maximum Gasteiger partial charge on any atom is 0.250 e. The minimum absolute atomic E-state index is 0.0322. The Morgan fingerprint density at radius 3 is 2.68 bits per heavy atom. The highest BCUT2D eigenvalue weighted by molar-refractivity contribution is 5.81. The van der Waals surface area contributed by atoms with Crippen LogP contribution in [0.3, 0.4) is 0 Å². The molecule has 1 saturated heterocycles. The van der Waals surface area contributed by atoms with Gasteiger partial charge in [-0.25, -0.2) is 0 Å². The van der Waals surface area contributed by atoms with Crippen molar-refractivity contribution < 1.29 is 14.3 Å². The highest BCUT2D eigenvalue weighted by atomic mass is 16.5. The van der Waals surface area contributed by atoms with Crippen molar-refractivity contribution in [2.45, 2.75) is 30.9 Å². The van der Waals surface area contributed by atoms with Gasteiger partial charge in [0.2, 0.25) is 0 Å². The predicted molar refractivity (Wildman–Crippen MR) is 84.1 cm³/mol. The van der Waals surface area contributed by atoms with Crippen LogP contribution in [-0.2, 0) is 9.53 Å². The number of rotatable bonds is 4. The van der Waals surface area contributed by atoms with Gasteiger partial charge in [-0.2, -0.15) is 0 Å². The number of carbonyl (C=O) groups is 1. The first-order valence-electron chi connectivity index (χ1n) is 7.90. The number of nitrogens with one attached hydrogen (secondary N) is 1. The Morgan fingerprint density at radius 2 is 2.05 bits per heavy atom. The highest BCUT2D eigenvalue weighted by Gasteiger charge is 2.34. The lowest BCUT2D eigenvalue weighted by Crippen LogP contribution is -2.53. The number of benzene rings is 1. The first-order chi connectivity index (χ1) is 10.7. The molecule has 1 aromatic carbocycles. The predicted octanol–water partition coefficient (Wildman–Crippen LogP) is 1.39. The molecule has 1 atom stereocenters. The molecule has 1 unspecified atom stereocenters. The zero-order valence-corrected chi connectivity index (χ0v) is 13.2. The normalized spacial score (nSPS) is 28.7. The van der Waals surface area contributed by atoms with Crippen LogP contribution >= 0.6 is 0 Å². The number of morpholine rings is 1. The molecule has 0 aromatic heterocycles. The number of methoxy groups -OCH3 is 1. The van der Waals surface area contributed by atoms with Gasteiger partial charge in [-0.1, -0.05) is 12.1 Å². The average Bonchev–Trinajstić information content (AvgIpc) is 2.50. The van der Waals surface area contributed by atoms with Crippen molar-refractivity contribution in [3.8, 4) is 5.75 Å². The fourth-order valence-corrected chi connectivity index (χ4v) is 3.11. The number of carbonyl (C=O) groups excluding carboxylic acids is 1. The number of amides is 1. The van der Waals surface area contributed by atoms with Crippen molar-refractivity contribution in [3.63, 3.8) is 0 Å². The second-order valence-electron chi connectivity index (χ2n) is 6.27. The zero-order chi connectivity index (χ0) is 15.5. The van der Waals surface area contributed by atoms with Crippen LogP contribution in [0.25, 0.3) is 0 Å². The molecule has 1 aliphatic carbocycles. The molecule has 5 heteroatoms. The number of nitrogens with zero attached hydrogens (tertiary/aromatic N) is 1. The van der Waals surface area contributed by atoms with Crippen LogP contribution in [0.5, 0.6) is 5.75 Å². The number of hydrogen-bond donors (Lipinski definition) is 1. The average molecular weight is 304 g/mol. The summed E-state index contributed by atoms with van der Waals surface area (Å²) < 4.78 is 10.7. The van der Waals surface area contributed by atoms with Gasteiger partial charge in [0.15, 0.2) is 0 Å². The third-order valence-electron chi connectivity index (χ3n) is 4.63. The standard InChI is InChI=1S/C17H24N2O3/c1-19-7-8-22-16(11-19)17(20)18-14-9-13(10-14)12-3-5-15(21-2)6-4-12/h3-6,13-14,16H,7-11H2,1-2H3,(H,18,20). The number of hydrogen-bond acceptors (Lipinski definition) is 4. The van der Waals surface area contributed by atoms with Gasteiger partial charge in [-0.05, 0) is 43.5 Å². The van der Waals surface area contributed by atoms with Crippen LogP contribution in [0.2, 0.25) is 0 Å². The van der Waals surface area contributed by atoms with E-state index < -0.39 is 0 Å². The molecular weight excluding hydrogens is 280 g/mol. The summed E-state index contributed by atoms with van der Waals surface area (Å²) >= 11 is 0. The number of ether oxygens (including phenoxy) is 2. The van der Waals surface area contributed by atoms with E-state index in [0.717, 1.165) is 25.1 Å². The molecule has 1 aliphatic heterocycles. The molecule has 5 nitrogen and oxygen atoms in total. The highest BCUT2D eigenvalue weighted by Crippen LogP contribution is 2.37. The van der Waals surface area contributed by atoms with E-state index in [1.54, 1.807) is 7.11 Å². The largest absolute Gasteiger partial charge is 0.497 e. The van der Waals surface area contributed by atoms with Crippen LogP contribution in [-0.4, -0.2) is 56.8 Å². The molecule has 2 aliphatic rings. The van der Waals surface area contributed by atoms with Gasteiger partial charge in [-0.15, -0.1) is 0 Å². The summed E-state index contributed by atoms with van der Waals surface area (Å²) in [5, 5.41) is 3.11. The molecular formula is C17H24N2O3. The Bertz CT molecular complexity index is 511. The van der Waals surface area contributed by atoms with Crippen molar-refractivity contribution in [2.75, 3.05) is 33.9 Å². The van der Waals surface area contributed by atoms with Gasteiger partial charge in [0.05, 0.1) is 13.7 Å². The monoisotopic (exact) mass is 304 g/mol. The Balaban J connectivity index is 1.45. The third-order valence-corrected chi connectivity index (χ3v) is 4.63. The fraction of sp³-hybridized carbons (Fsp3) is 0.588. The Morgan fingerprint density at radius 1 is 1.32 bits per heavy atom. The summed E-state index contributed by atoms with van der Waals surface area (Å²) in [5.74, 6) is 1.45. The second kappa shape index (κ2) is 6.67. The summed E-state index contributed by atoms with van der Waals surface area (Å²) in [6, 6.07) is 8.48. The molecule has 0 bridgehead atoms. The topological polar surface area (TPSA) is 50.8 Å². The molecule has 0 spiro atoms. The van der Waals surface area contributed by atoms with Crippen LogP contribution in [0.15, 0.2) is 24.3 Å². The van der Waals surface area contributed by atoms with Crippen LogP contribution in [0.4, 0.5) is 0 Å². The number of likely N-dealkylation sites (N-methyl/N-ethyl adjacent to an activating group) is 1. The van der Waals surface area contributed by atoms with E-state index in [4.69, 9.17) is 9.47 Å². The van der Waals surface area contributed by atoms with E-state index in [9.17, 15) is 4.79 Å². The maximum atomic E-state index is 12.2. The zero-order valence-electron chi connectivity index (χ0n) is 13.2. The molecule has 1 aromatic rings. The Kier molecular flexibility index (Phi) is 4.64. The molecule has 0 radical (unpaired) electrons. The molecule has 1 N–H and O–H groups in total.